The van der Waals surface area contributed by atoms with Gasteiger partial charge < -0.3 is 20.8 Å². The highest BCUT2D eigenvalue weighted by molar-refractivity contribution is 5.88. The summed E-state index contributed by atoms with van der Waals surface area (Å²) >= 11 is 0. The number of hydrogen-bond donors (Lipinski definition) is 4. The molecule has 33 heavy (non-hydrogen) atoms. The maximum atomic E-state index is 12.9. The van der Waals surface area contributed by atoms with E-state index in [0.717, 1.165) is 38.5 Å². The van der Waals surface area contributed by atoms with Gasteiger partial charge in [-0.2, -0.15) is 0 Å². The van der Waals surface area contributed by atoms with Gasteiger partial charge in [0.25, 0.3) is 0 Å². The van der Waals surface area contributed by atoms with Crippen molar-refractivity contribution in [3.05, 3.63) is 0 Å². The van der Waals surface area contributed by atoms with E-state index in [-0.39, 0.29) is 41.0 Å². The van der Waals surface area contributed by atoms with Crippen molar-refractivity contribution in [1.82, 2.24) is 10.6 Å². The Morgan fingerprint density at radius 3 is 1.94 bits per heavy atom. The minimum absolute atomic E-state index is 0.00118. The van der Waals surface area contributed by atoms with E-state index in [9.17, 15) is 19.8 Å². The van der Waals surface area contributed by atoms with Gasteiger partial charge in [-0.1, -0.05) is 78.6 Å². The largest absolute Gasteiger partial charge is 0.394 e. The lowest BCUT2D eigenvalue weighted by Gasteiger charge is -2.37. The van der Waals surface area contributed by atoms with Crippen molar-refractivity contribution in [1.29, 1.82) is 0 Å². The smallest absolute Gasteiger partial charge is 0.245 e. The van der Waals surface area contributed by atoms with Crippen LogP contribution in [0, 0.1) is 22.7 Å². The highest BCUT2D eigenvalue weighted by Gasteiger charge is 2.65. The van der Waals surface area contributed by atoms with Gasteiger partial charge in [-0.3, -0.25) is 9.59 Å². The highest BCUT2D eigenvalue weighted by atomic mass is 16.3. The van der Waals surface area contributed by atoms with Crippen molar-refractivity contribution < 1.29 is 19.8 Å². The number of fused-ring (bicyclic) bond motifs is 2. The van der Waals surface area contributed by atoms with E-state index in [1.54, 1.807) is 0 Å². The molecule has 6 heteroatoms. The highest BCUT2D eigenvalue weighted by Crippen LogP contribution is 2.68. The summed E-state index contributed by atoms with van der Waals surface area (Å²) in [6.45, 7) is 6.14. The van der Waals surface area contributed by atoms with Gasteiger partial charge in [-0.15, -0.1) is 0 Å². The van der Waals surface area contributed by atoms with Crippen LogP contribution in [0.4, 0.5) is 0 Å². The lowest BCUT2D eigenvalue weighted by atomic mass is 9.70. The Bertz CT molecular complexity index is 655. The first-order valence-corrected chi connectivity index (χ1v) is 13.6. The van der Waals surface area contributed by atoms with Crippen molar-refractivity contribution >= 4 is 11.8 Å². The Hall–Kier alpha value is -1.14. The molecule has 0 aromatic heterocycles. The summed E-state index contributed by atoms with van der Waals surface area (Å²) in [7, 11) is 0. The number of nitrogens with one attached hydrogen (secondary N) is 2. The number of hydrogen-bond acceptors (Lipinski definition) is 4. The summed E-state index contributed by atoms with van der Waals surface area (Å²) in [6.07, 6.45) is 14.7. The molecule has 0 aromatic carbocycles. The van der Waals surface area contributed by atoms with Gasteiger partial charge in [0.05, 0.1) is 12.7 Å². The average molecular weight is 465 g/mol. The zero-order chi connectivity index (χ0) is 24.1. The van der Waals surface area contributed by atoms with Gasteiger partial charge >= 0.3 is 0 Å². The van der Waals surface area contributed by atoms with E-state index in [1.807, 2.05) is 0 Å². The third-order valence-corrected chi connectivity index (χ3v) is 9.66. The summed E-state index contributed by atoms with van der Waals surface area (Å²) < 4.78 is 0. The molecule has 0 aromatic rings. The van der Waals surface area contributed by atoms with Crippen LogP contribution in [-0.2, 0) is 9.59 Å². The van der Waals surface area contributed by atoms with Crippen LogP contribution in [0.5, 0.6) is 0 Å². The Morgan fingerprint density at radius 1 is 0.909 bits per heavy atom. The van der Waals surface area contributed by atoms with Gasteiger partial charge in [0.2, 0.25) is 11.8 Å². The van der Waals surface area contributed by atoms with Crippen LogP contribution in [0.3, 0.4) is 0 Å². The first-order chi connectivity index (χ1) is 15.7. The Morgan fingerprint density at radius 2 is 1.45 bits per heavy atom. The van der Waals surface area contributed by atoms with E-state index >= 15 is 0 Å². The molecule has 0 spiro atoms. The zero-order valence-corrected chi connectivity index (χ0v) is 21.2. The molecular weight excluding hydrogens is 416 g/mol. The van der Waals surface area contributed by atoms with E-state index < -0.39 is 18.8 Å². The fourth-order valence-electron chi connectivity index (χ4n) is 7.06. The van der Waals surface area contributed by atoms with E-state index in [1.165, 1.54) is 44.9 Å². The number of amides is 2. The Kier molecular flexibility index (Phi) is 9.24. The molecule has 0 heterocycles. The molecule has 3 aliphatic carbocycles. The molecule has 6 nitrogen and oxygen atoms in total. The molecule has 0 radical (unpaired) electrons. The molecule has 3 fully saturated rings. The van der Waals surface area contributed by atoms with E-state index in [4.69, 9.17) is 0 Å². The zero-order valence-electron chi connectivity index (χ0n) is 21.2. The van der Waals surface area contributed by atoms with Gasteiger partial charge in [0.1, 0.15) is 6.04 Å². The second kappa shape index (κ2) is 11.5. The average Bonchev–Trinajstić information content (AvgIpc) is 3.07. The molecule has 3 rings (SSSR count). The van der Waals surface area contributed by atoms with Crippen LogP contribution in [0.25, 0.3) is 0 Å². The van der Waals surface area contributed by atoms with E-state index in [2.05, 4.69) is 31.4 Å². The van der Waals surface area contributed by atoms with Crippen LogP contribution in [0.15, 0.2) is 0 Å². The third kappa shape index (κ3) is 5.93. The second-order valence-corrected chi connectivity index (χ2v) is 11.9. The topological polar surface area (TPSA) is 98.7 Å². The summed E-state index contributed by atoms with van der Waals surface area (Å²) in [5.74, 6) is -0.323. The summed E-state index contributed by atoms with van der Waals surface area (Å²) in [5, 5.41) is 26.7. The summed E-state index contributed by atoms with van der Waals surface area (Å²) in [4.78, 5) is 25.7. The van der Waals surface area contributed by atoms with Crippen LogP contribution >= 0.6 is 0 Å². The quantitative estimate of drug-likeness (QED) is 0.476. The first-order valence-electron chi connectivity index (χ1n) is 13.6. The van der Waals surface area contributed by atoms with Crippen LogP contribution in [0.1, 0.15) is 111 Å². The van der Waals surface area contributed by atoms with Gasteiger partial charge in [-0.05, 0) is 48.3 Å². The Balaban J connectivity index is 1.51. The number of rotatable bonds is 6. The van der Waals surface area contributed by atoms with Crippen LogP contribution in [0.2, 0.25) is 0 Å². The maximum Gasteiger partial charge on any atom is 0.245 e. The lowest BCUT2D eigenvalue weighted by Crippen LogP contribution is -2.52. The van der Waals surface area contributed by atoms with Crippen molar-refractivity contribution in [2.45, 2.75) is 129 Å². The minimum atomic E-state index is -0.932. The first kappa shape index (κ1) is 26.5. The van der Waals surface area contributed by atoms with Gasteiger partial charge in [0.15, 0.2) is 0 Å². The molecule has 3 saturated carbocycles. The predicted octanol–water partition coefficient (Wildman–Crippen LogP) is 4.08. The molecule has 4 N–H and O–H groups in total. The summed E-state index contributed by atoms with van der Waals surface area (Å²) in [5.41, 5.74) is -0.164. The molecule has 3 aliphatic rings. The van der Waals surface area contributed by atoms with Crippen LogP contribution in [-0.4, -0.2) is 46.8 Å². The molecule has 2 amide bonds. The fourth-order valence-corrected chi connectivity index (χ4v) is 7.06. The van der Waals surface area contributed by atoms with Crippen LogP contribution < -0.4 is 10.6 Å². The molecule has 5 atom stereocenters. The third-order valence-electron chi connectivity index (χ3n) is 9.66. The van der Waals surface area contributed by atoms with E-state index in [0.29, 0.717) is 5.92 Å². The van der Waals surface area contributed by atoms with Gasteiger partial charge in [0, 0.05) is 12.5 Å². The van der Waals surface area contributed by atoms with Crippen molar-refractivity contribution in [2.75, 3.05) is 6.61 Å². The monoisotopic (exact) mass is 464 g/mol. The van der Waals surface area contributed by atoms with Crippen molar-refractivity contribution in [2.24, 2.45) is 22.7 Å². The normalized spacial score (nSPS) is 34.2. The standard InChI is InChI=1S/C27H48N2O4/c1-26(2)21-15-16-27(26,3)24(32)20(21)17-23(31)29-22(18-30)25(33)28-19-13-11-9-7-5-4-6-8-10-12-14-19/h19-22,24,30,32H,4-18H2,1-3H3,(H,28,33)(H,29,31)/t20?,21?,22-,24?,27?/m0/s1. The molecular formula is C27H48N2O4. The predicted molar refractivity (Wildman–Crippen MR) is 130 cm³/mol. The number of aliphatic hydroxyl groups excluding tert-OH is 2. The lowest BCUT2D eigenvalue weighted by molar-refractivity contribution is -0.131. The molecule has 190 valence electrons. The molecule has 4 unspecified atom stereocenters. The van der Waals surface area contributed by atoms with Crippen molar-refractivity contribution in [3.63, 3.8) is 0 Å². The number of aliphatic hydroxyl groups is 2. The number of carbonyl (C=O) groups is 2. The minimum Gasteiger partial charge on any atom is -0.394 e. The SMILES string of the molecule is CC1(C)C2CCC1(C)C(O)C2CC(=O)N[C@@H](CO)C(=O)NC1CCCCCCCCCCC1. The molecule has 2 bridgehead atoms. The van der Waals surface area contributed by atoms with Crippen molar-refractivity contribution in [3.8, 4) is 0 Å². The van der Waals surface area contributed by atoms with Gasteiger partial charge in [-0.25, -0.2) is 0 Å². The second-order valence-electron chi connectivity index (χ2n) is 11.9. The molecule has 0 saturated heterocycles. The Labute approximate surface area is 200 Å². The fraction of sp³-hybridized carbons (Fsp3) is 0.926. The summed E-state index contributed by atoms with van der Waals surface area (Å²) in [6, 6.07) is -0.825. The number of carbonyl (C=O) groups excluding carboxylic acids is 2. The molecule has 0 aliphatic heterocycles. The maximum absolute atomic E-state index is 12.9.